The molecular weight excluding hydrogens is 357 g/mol. The van der Waals surface area contributed by atoms with Gasteiger partial charge < -0.3 is 4.74 Å². The minimum atomic E-state index is -4.67. The molecule has 0 amide bonds. The van der Waals surface area contributed by atoms with Gasteiger partial charge in [0.1, 0.15) is 5.75 Å². The predicted octanol–water partition coefficient (Wildman–Crippen LogP) is 4.56. The first-order valence-corrected chi connectivity index (χ1v) is 6.21. The number of nitrogens with zero attached hydrogens (tertiary/aromatic N) is 2. The Morgan fingerprint density at radius 3 is 2.52 bits per heavy atom. The van der Waals surface area contributed by atoms with Crippen LogP contribution in [0.2, 0.25) is 0 Å². The smallest absolute Gasteiger partial charge is 0.416 e. The Morgan fingerprint density at radius 1 is 1.24 bits per heavy atom. The average molecular weight is 363 g/mol. The van der Waals surface area contributed by atoms with Crippen LogP contribution in [0.25, 0.3) is 0 Å². The molecule has 0 spiro atoms. The van der Waals surface area contributed by atoms with Gasteiger partial charge in [-0.15, -0.1) is 0 Å². The van der Waals surface area contributed by atoms with Crippen LogP contribution in [0.1, 0.15) is 5.56 Å². The van der Waals surface area contributed by atoms with Crippen LogP contribution in [0.5, 0.6) is 11.5 Å². The molecule has 9 heteroatoms. The van der Waals surface area contributed by atoms with Gasteiger partial charge in [-0.1, -0.05) is 0 Å². The molecule has 5 nitrogen and oxygen atoms in total. The maximum atomic E-state index is 12.6. The molecule has 0 saturated heterocycles. The van der Waals surface area contributed by atoms with E-state index < -0.39 is 22.4 Å². The number of nitro benzene ring substituents is 1. The molecule has 0 atom stereocenters. The van der Waals surface area contributed by atoms with Gasteiger partial charge in [0.25, 0.3) is 0 Å². The fourth-order valence-corrected chi connectivity index (χ4v) is 1.82. The normalized spacial score (nSPS) is 11.2. The van der Waals surface area contributed by atoms with Crippen LogP contribution in [0.3, 0.4) is 0 Å². The topological polar surface area (TPSA) is 65.3 Å². The second-order valence-electron chi connectivity index (χ2n) is 3.85. The quantitative estimate of drug-likeness (QED) is 0.592. The van der Waals surface area contributed by atoms with Crippen molar-refractivity contribution in [2.45, 2.75) is 6.18 Å². The van der Waals surface area contributed by atoms with Crippen molar-refractivity contribution in [3.63, 3.8) is 0 Å². The Bertz CT molecular complexity index is 692. The minimum Gasteiger partial charge on any atom is -0.449 e. The Labute approximate surface area is 124 Å². The summed E-state index contributed by atoms with van der Waals surface area (Å²) in [6, 6.07) is 3.49. The number of nitro groups is 1. The molecule has 0 aliphatic heterocycles. The molecular formula is C12H6BrF3N2O3. The van der Waals surface area contributed by atoms with E-state index in [0.29, 0.717) is 10.5 Å². The lowest BCUT2D eigenvalue weighted by molar-refractivity contribution is -0.385. The highest BCUT2D eigenvalue weighted by Crippen LogP contribution is 2.38. The van der Waals surface area contributed by atoms with Crippen LogP contribution in [-0.2, 0) is 6.18 Å². The zero-order valence-corrected chi connectivity index (χ0v) is 11.7. The van der Waals surface area contributed by atoms with Crippen molar-refractivity contribution in [1.29, 1.82) is 0 Å². The molecule has 2 aromatic rings. The highest BCUT2D eigenvalue weighted by atomic mass is 79.9. The molecule has 0 saturated carbocycles. The Morgan fingerprint density at radius 2 is 1.95 bits per heavy atom. The van der Waals surface area contributed by atoms with E-state index in [0.717, 1.165) is 12.1 Å². The number of pyridine rings is 1. The molecule has 0 N–H and O–H groups in total. The lowest BCUT2D eigenvalue weighted by Crippen LogP contribution is -2.06. The molecule has 0 aliphatic carbocycles. The molecule has 0 fully saturated rings. The van der Waals surface area contributed by atoms with Crippen molar-refractivity contribution in [2.75, 3.05) is 0 Å². The second kappa shape index (κ2) is 5.68. The summed E-state index contributed by atoms with van der Waals surface area (Å²) in [5.74, 6) is -0.0900. The Kier molecular flexibility index (Phi) is 4.12. The van der Waals surface area contributed by atoms with E-state index in [4.69, 9.17) is 4.74 Å². The summed E-state index contributed by atoms with van der Waals surface area (Å²) in [6.07, 6.45) is -1.89. The molecule has 1 heterocycles. The summed E-state index contributed by atoms with van der Waals surface area (Å²) in [5, 5.41) is 10.9. The third-order valence-corrected chi connectivity index (χ3v) is 3.03. The standard InChI is InChI=1S/C12H6BrF3N2O3/c13-8-6-17-4-3-10(8)21-11-2-1-7(12(14,15)16)5-9(11)18(19)20/h1-6H. The number of ether oxygens (including phenoxy) is 1. The van der Waals surface area contributed by atoms with Gasteiger partial charge >= 0.3 is 11.9 Å². The summed E-state index contributed by atoms with van der Waals surface area (Å²) in [5.41, 5.74) is -1.89. The van der Waals surface area contributed by atoms with E-state index in [-0.39, 0.29) is 11.5 Å². The van der Waals surface area contributed by atoms with Crippen LogP contribution in [0.15, 0.2) is 41.1 Å². The van der Waals surface area contributed by atoms with Crippen LogP contribution in [0.4, 0.5) is 18.9 Å². The molecule has 0 unspecified atom stereocenters. The van der Waals surface area contributed by atoms with Crippen molar-refractivity contribution >= 4 is 21.6 Å². The van der Waals surface area contributed by atoms with Gasteiger partial charge in [0, 0.05) is 24.5 Å². The van der Waals surface area contributed by atoms with Gasteiger partial charge in [0.15, 0.2) is 0 Å². The first-order valence-electron chi connectivity index (χ1n) is 5.42. The SMILES string of the molecule is O=[N+]([O-])c1cc(C(F)(F)F)ccc1Oc1ccncc1Br. The van der Waals surface area contributed by atoms with E-state index in [9.17, 15) is 23.3 Å². The second-order valence-corrected chi connectivity index (χ2v) is 4.70. The van der Waals surface area contributed by atoms with Crippen molar-refractivity contribution in [1.82, 2.24) is 4.98 Å². The number of hydrogen-bond donors (Lipinski definition) is 0. The van der Waals surface area contributed by atoms with Gasteiger partial charge in [0.05, 0.1) is 15.0 Å². The third-order valence-electron chi connectivity index (χ3n) is 2.44. The van der Waals surface area contributed by atoms with E-state index in [1.54, 1.807) is 0 Å². The van der Waals surface area contributed by atoms with Crippen molar-refractivity contribution in [3.05, 3.63) is 56.8 Å². The molecule has 0 aliphatic rings. The number of alkyl halides is 3. The van der Waals surface area contributed by atoms with E-state index in [1.807, 2.05) is 0 Å². The fourth-order valence-electron chi connectivity index (χ4n) is 1.49. The van der Waals surface area contributed by atoms with E-state index in [1.165, 1.54) is 18.5 Å². The molecule has 2 rings (SSSR count). The van der Waals surface area contributed by atoms with Crippen molar-refractivity contribution in [3.8, 4) is 11.5 Å². The lowest BCUT2D eigenvalue weighted by atomic mass is 10.2. The largest absolute Gasteiger partial charge is 0.449 e. The van der Waals surface area contributed by atoms with Crippen molar-refractivity contribution < 1.29 is 22.8 Å². The Hall–Kier alpha value is -2.16. The number of aromatic nitrogens is 1. The monoisotopic (exact) mass is 362 g/mol. The first kappa shape index (κ1) is 15.2. The van der Waals surface area contributed by atoms with Crippen LogP contribution >= 0.6 is 15.9 Å². The van der Waals surface area contributed by atoms with Crippen LogP contribution in [0, 0.1) is 10.1 Å². The van der Waals surface area contributed by atoms with Gasteiger partial charge in [-0.2, -0.15) is 13.2 Å². The van der Waals surface area contributed by atoms with E-state index in [2.05, 4.69) is 20.9 Å². The first-order chi connectivity index (χ1) is 9.79. The van der Waals surface area contributed by atoms with Gasteiger partial charge in [-0.3, -0.25) is 15.1 Å². The van der Waals surface area contributed by atoms with Gasteiger partial charge in [0.2, 0.25) is 5.75 Å². The molecule has 110 valence electrons. The fraction of sp³-hybridized carbons (Fsp3) is 0.0833. The highest BCUT2D eigenvalue weighted by molar-refractivity contribution is 9.10. The molecule has 1 aromatic heterocycles. The van der Waals surface area contributed by atoms with Crippen molar-refractivity contribution in [2.24, 2.45) is 0 Å². The number of halogens is 4. The summed E-state index contributed by atoms with van der Waals surface area (Å²) >= 11 is 3.12. The summed E-state index contributed by atoms with van der Waals surface area (Å²) in [7, 11) is 0. The summed E-state index contributed by atoms with van der Waals surface area (Å²) < 4.78 is 43.4. The zero-order valence-electron chi connectivity index (χ0n) is 10.1. The molecule has 1 aromatic carbocycles. The number of benzene rings is 1. The average Bonchev–Trinajstić information content (AvgIpc) is 2.40. The molecule has 0 bridgehead atoms. The van der Waals surface area contributed by atoms with Crippen LogP contribution < -0.4 is 4.74 Å². The molecule has 21 heavy (non-hydrogen) atoms. The van der Waals surface area contributed by atoms with Gasteiger partial charge in [-0.05, 0) is 28.1 Å². The highest BCUT2D eigenvalue weighted by Gasteiger charge is 2.33. The molecule has 0 radical (unpaired) electrons. The summed E-state index contributed by atoms with van der Waals surface area (Å²) in [6.45, 7) is 0. The lowest BCUT2D eigenvalue weighted by Gasteiger charge is -2.10. The van der Waals surface area contributed by atoms with Crippen LogP contribution in [-0.4, -0.2) is 9.91 Å². The third kappa shape index (κ3) is 3.48. The maximum Gasteiger partial charge on any atom is 0.416 e. The number of hydrogen-bond acceptors (Lipinski definition) is 4. The zero-order chi connectivity index (χ0) is 15.6. The number of rotatable bonds is 3. The Balaban J connectivity index is 2.45. The summed E-state index contributed by atoms with van der Waals surface area (Å²) in [4.78, 5) is 13.8. The van der Waals surface area contributed by atoms with E-state index >= 15 is 0 Å². The van der Waals surface area contributed by atoms with Gasteiger partial charge in [-0.25, -0.2) is 0 Å². The predicted molar refractivity (Wildman–Crippen MR) is 70.1 cm³/mol. The minimum absolute atomic E-state index is 0.202. The maximum absolute atomic E-state index is 12.6.